The molecule has 3 heteroatoms. The monoisotopic (exact) mass is 229 g/mol. The zero-order chi connectivity index (χ0) is 12.2. The van der Waals surface area contributed by atoms with Crippen LogP contribution in [0.15, 0.2) is 0 Å². The fourth-order valence-electron chi connectivity index (χ4n) is 2.60. The van der Waals surface area contributed by atoms with Gasteiger partial charge in [0.2, 0.25) is 0 Å². The van der Waals surface area contributed by atoms with Crippen LogP contribution >= 0.6 is 0 Å². The maximum absolute atomic E-state index is 9.52. The summed E-state index contributed by atoms with van der Waals surface area (Å²) in [7, 11) is 0. The fraction of sp³-hybridized carbons (Fsp3) is 1.00. The molecule has 1 saturated heterocycles. The van der Waals surface area contributed by atoms with Crippen molar-refractivity contribution >= 4 is 0 Å². The van der Waals surface area contributed by atoms with Gasteiger partial charge in [-0.3, -0.25) is 4.90 Å². The van der Waals surface area contributed by atoms with Crippen LogP contribution in [0.4, 0.5) is 0 Å². The average molecular weight is 229 g/mol. The van der Waals surface area contributed by atoms with Crippen molar-refractivity contribution in [3.63, 3.8) is 0 Å². The smallest absolute Gasteiger partial charge is 0.0753 e. The normalized spacial score (nSPS) is 25.3. The van der Waals surface area contributed by atoms with Crippen molar-refractivity contribution in [2.24, 2.45) is 5.41 Å². The minimum atomic E-state index is -0.0408. The number of aliphatic hydroxyl groups is 1. The van der Waals surface area contributed by atoms with Crippen LogP contribution in [0.1, 0.15) is 40.5 Å². The lowest BCUT2D eigenvalue weighted by Gasteiger charge is -2.42. The highest BCUT2D eigenvalue weighted by Crippen LogP contribution is 2.26. The summed E-state index contributed by atoms with van der Waals surface area (Å²) in [6.07, 6.45) is 2.21. The van der Waals surface area contributed by atoms with E-state index in [1.165, 1.54) is 0 Å². The molecule has 1 N–H and O–H groups in total. The van der Waals surface area contributed by atoms with Gasteiger partial charge in [-0.1, -0.05) is 20.3 Å². The number of aliphatic hydroxyl groups excluding tert-OH is 1. The Balaban J connectivity index is 2.51. The lowest BCUT2D eigenvalue weighted by Crippen LogP contribution is -2.51. The van der Waals surface area contributed by atoms with E-state index in [1.807, 2.05) is 0 Å². The Morgan fingerprint density at radius 3 is 2.62 bits per heavy atom. The molecular formula is C13H27NO2. The Kier molecular flexibility index (Phi) is 4.77. The number of hydrogen-bond acceptors (Lipinski definition) is 3. The molecule has 16 heavy (non-hydrogen) atoms. The quantitative estimate of drug-likeness (QED) is 0.781. The molecule has 0 aromatic rings. The molecule has 1 heterocycles. The third kappa shape index (κ3) is 4.04. The molecule has 1 fully saturated rings. The first kappa shape index (κ1) is 13.9. The topological polar surface area (TPSA) is 32.7 Å². The van der Waals surface area contributed by atoms with Crippen LogP contribution in [-0.2, 0) is 4.74 Å². The molecule has 0 saturated carbocycles. The molecule has 1 aliphatic heterocycles. The summed E-state index contributed by atoms with van der Waals surface area (Å²) < 4.78 is 5.70. The van der Waals surface area contributed by atoms with Gasteiger partial charge in [0, 0.05) is 31.7 Å². The standard InChI is InChI=1S/C13H27NO2/c1-5-6-13(4,11-15)10-14-7-8-16-12(2,3)9-14/h15H,5-11H2,1-4H3. The molecule has 1 aliphatic rings. The van der Waals surface area contributed by atoms with Gasteiger partial charge in [-0.15, -0.1) is 0 Å². The van der Waals surface area contributed by atoms with E-state index >= 15 is 0 Å². The summed E-state index contributed by atoms with van der Waals surface area (Å²) in [5, 5.41) is 9.52. The van der Waals surface area contributed by atoms with Gasteiger partial charge < -0.3 is 9.84 Å². The summed E-state index contributed by atoms with van der Waals surface area (Å²) in [6.45, 7) is 12.6. The van der Waals surface area contributed by atoms with Gasteiger partial charge in [-0.2, -0.15) is 0 Å². The first-order valence-corrected chi connectivity index (χ1v) is 6.38. The van der Waals surface area contributed by atoms with Crippen LogP contribution in [0, 0.1) is 5.41 Å². The Hall–Kier alpha value is -0.120. The summed E-state index contributed by atoms with van der Waals surface area (Å²) in [5.41, 5.74) is 0.00298. The van der Waals surface area contributed by atoms with E-state index in [2.05, 4.69) is 32.6 Å². The van der Waals surface area contributed by atoms with Gasteiger partial charge in [-0.05, 0) is 20.3 Å². The average Bonchev–Trinajstić information content (AvgIpc) is 2.16. The second-order valence-electron chi connectivity index (χ2n) is 6.04. The lowest BCUT2D eigenvalue weighted by molar-refractivity contribution is -0.0967. The minimum Gasteiger partial charge on any atom is -0.396 e. The molecule has 1 atom stereocenters. The highest BCUT2D eigenvalue weighted by Gasteiger charge is 2.32. The van der Waals surface area contributed by atoms with Crippen molar-refractivity contribution in [1.82, 2.24) is 4.90 Å². The maximum Gasteiger partial charge on any atom is 0.0753 e. The first-order valence-electron chi connectivity index (χ1n) is 6.38. The SMILES string of the molecule is CCCC(C)(CO)CN1CCOC(C)(C)C1. The van der Waals surface area contributed by atoms with Gasteiger partial charge in [0.05, 0.1) is 12.2 Å². The van der Waals surface area contributed by atoms with Crippen molar-refractivity contribution < 1.29 is 9.84 Å². The number of morpholine rings is 1. The van der Waals surface area contributed by atoms with Crippen LogP contribution in [0.5, 0.6) is 0 Å². The van der Waals surface area contributed by atoms with E-state index in [0.29, 0.717) is 0 Å². The predicted octanol–water partition coefficient (Wildman–Crippen LogP) is 1.90. The molecule has 1 unspecified atom stereocenters. The third-order valence-electron chi connectivity index (χ3n) is 3.35. The minimum absolute atomic E-state index is 0.0408. The van der Waals surface area contributed by atoms with Gasteiger partial charge in [0.25, 0.3) is 0 Å². The van der Waals surface area contributed by atoms with Gasteiger partial charge in [-0.25, -0.2) is 0 Å². The van der Waals surface area contributed by atoms with Gasteiger partial charge in [0.1, 0.15) is 0 Å². The van der Waals surface area contributed by atoms with E-state index < -0.39 is 0 Å². The van der Waals surface area contributed by atoms with E-state index in [0.717, 1.165) is 39.1 Å². The fourth-order valence-corrected chi connectivity index (χ4v) is 2.60. The van der Waals surface area contributed by atoms with Crippen molar-refractivity contribution in [3.05, 3.63) is 0 Å². The molecule has 0 aliphatic carbocycles. The molecule has 0 spiro atoms. The van der Waals surface area contributed by atoms with Crippen molar-refractivity contribution in [1.29, 1.82) is 0 Å². The van der Waals surface area contributed by atoms with Crippen molar-refractivity contribution in [2.45, 2.75) is 46.1 Å². The largest absolute Gasteiger partial charge is 0.396 e. The molecular weight excluding hydrogens is 202 g/mol. The Bertz CT molecular complexity index is 218. The second kappa shape index (κ2) is 5.48. The summed E-state index contributed by atoms with van der Waals surface area (Å²) >= 11 is 0. The van der Waals surface area contributed by atoms with Crippen molar-refractivity contribution in [2.75, 3.05) is 32.8 Å². The van der Waals surface area contributed by atoms with Gasteiger partial charge in [0.15, 0.2) is 0 Å². The molecule has 0 bridgehead atoms. The zero-order valence-electron chi connectivity index (χ0n) is 11.3. The molecule has 0 aromatic carbocycles. The van der Waals surface area contributed by atoms with Crippen LogP contribution < -0.4 is 0 Å². The molecule has 96 valence electrons. The lowest BCUT2D eigenvalue weighted by atomic mass is 9.85. The first-order chi connectivity index (χ1) is 7.41. The van der Waals surface area contributed by atoms with Gasteiger partial charge >= 0.3 is 0 Å². The molecule has 0 amide bonds. The van der Waals surface area contributed by atoms with Crippen molar-refractivity contribution in [3.8, 4) is 0 Å². The molecule has 0 aromatic heterocycles. The number of ether oxygens (including phenoxy) is 1. The van der Waals surface area contributed by atoms with Crippen LogP contribution in [-0.4, -0.2) is 48.5 Å². The second-order valence-corrected chi connectivity index (χ2v) is 6.04. The Labute approximate surface area is 99.8 Å². The number of rotatable bonds is 5. The molecule has 0 radical (unpaired) electrons. The van der Waals surface area contributed by atoms with E-state index in [-0.39, 0.29) is 17.6 Å². The van der Waals surface area contributed by atoms with Crippen LogP contribution in [0.3, 0.4) is 0 Å². The Morgan fingerprint density at radius 1 is 1.44 bits per heavy atom. The number of nitrogens with zero attached hydrogens (tertiary/aromatic N) is 1. The van der Waals surface area contributed by atoms with Crippen LogP contribution in [0.25, 0.3) is 0 Å². The molecule has 3 nitrogen and oxygen atoms in total. The number of hydrogen-bond donors (Lipinski definition) is 1. The predicted molar refractivity (Wildman–Crippen MR) is 66.6 cm³/mol. The van der Waals surface area contributed by atoms with E-state index in [1.54, 1.807) is 0 Å². The highest BCUT2D eigenvalue weighted by molar-refractivity contribution is 4.84. The zero-order valence-corrected chi connectivity index (χ0v) is 11.3. The van der Waals surface area contributed by atoms with Crippen LogP contribution in [0.2, 0.25) is 0 Å². The third-order valence-corrected chi connectivity index (χ3v) is 3.35. The summed E-state index contributed by atoms with van der Waals surface area (Å²) in [5.74, 6) is 0. The van der Waals surface area contributed by atoms with E-state index in [9.17, 15) is 5.11 Å². The summed E-state index contributed by atoms with van der Waals surface area (Å²) in [4.78, 5) is 2.43. The maximum atomic E-state index is 9.52. The Morgan fingerprint density at radius 2 is 2.12 bits per heavy atom. The summed E-state index contributed by atoms with van der Waals surface area (Å²) in [6, 6.07) is 0. The molecule has 1 rings (SSSR count). The van der Waals surface area contributed by atoms with E-state index in [4.69, 9.17) is 4.74 Å². The highest BCUT2D eigenvalue weighted by atomic mass is 16.5.